The first kappa shape index (κ1) is 23.9. The second-order valence-corrected chi connectivity index (χ2v) is 8.40. The van der Waals surface area contributed by atoms with Gasteiger partial charge in [-0.2, -0.15) is 0 Å². The van der Waals surface area contributed by atoms with Crippen LogP contribution in [0.15, 0.2) is 109 Å². The number of benzene rings is 4. The molecule has 0 heterocycles. The summed E-state index contributed by atoms with van der Waals surface area (Å²) >= 11 is 0. The minimum Gasteiger partial charge on any atom is -0.480 e. The Labute approximate surface area is 205 Å². The maximum Gasteiger partial charge on any atom is 0.326 e. The van der Waals surface area contributed by atoms with E-state index < -0.39 is 12.0 Å². The van der Waals surface area contributed by atoms with Crippen molar-refractivity contribution in [2.45, 2.75) is 19.0 Å². The fourth-order valence-corrected chi connectivity index (χ4v) is 3.91. The molecule has 35 heavy (non-hydrogen) atoms. The molecule has 0 aliphatic carbocycles. The monoisotopic (exact) mass is 464 g/mol. The van der Waals surface area contributed by atoms with Crippen molar-refractivity contribution in [1.29, 1.82) is 0 Å². The number of para-hydroxylation sites is 1. The van der Waals surface area contributed by atoms with E-state index in [4.69, 9.17) is 0 Å². The average Bonchev–Trinajstić information content (AvgIpc) is 2.90. The fourth-order valence-electron chi connectivity index (χ4n) is 3.91. The lowest BCUT2D eigenvalue weighted by molar-refractivity contribution is -0.137. The van der Waals surface area contributed by atoms with Crippen LogP contribution in [0, 0.1) is 0 Å². The number of hydrogen-bond acceptors (Lipinski definition) is 4. The molecule has 0 aromatic heterocycles. The zero-order valence-corrected chi connectivity index (χ0v) is 19.4. The highest BCUT2D eigenvalue weighted by Gasteiger charge is 2.17. The summed E-state index contributed by atoms with van der Waals surface area (Å²) in [6.07, 6.45) is 0.379. The molecule has 1 atom stereocenters. The van der Waals surface area contributed by atoms with Gasteiger partial charge in [-0.15, -0.1) is 0 Å². The molecule has 4 rings (SSSR count). The second-order valence-electron chi connectivity index (χ2n) is 8.40. The van der Waals surface area contributed by atoms with Gasteiger partial charge in [-0.05, 0) is 40.5 Å². The number of anilines is 1. The number of rotatable bonds is 11. The summed E-state index contributed by atoms with van der Waals surface area (Å²) in [7, 11) is 0. The summed E-state index contributed by atoms with van der Waals surface area (Å²) in [6, 6.07) is 34.1. The van der Waals surface area contributed by atoms with Crippen molar-refractivity contribution >= 4 is 17.4 Å². The summed E-state index contributed by atoms with van der Waals surface area (Å²) in [4.78, 5) is 24.0. The van der Waals surface area contributed by atoms with E-state index in [9.17, 15) is 14.7 Å². The lowest BCUT2D eigenvalue weighted by Gasteiger charge is -2.16. The molecule has 0 saturated carbocycles. The van der Waals surface area contributed by atoms with Gasteiger partial charge >= 0.3 is 5.97 Å². The van der Waals surface area contributed by atoms with E-state index >= 15 is 0 Å². The van der Waals surface area contributed by atoms with Crippen LogP contribution in [0.3, 0.4) is 0 Å². The van der Waals surface area contributed by atoms with Gasteiger partial charge in [-0.25, -0.2) is 4.79 Å². The van der Waals surface area contributed by atoms with Crippen molar-refractivity contribution in [3.05, 3.63) is 126 Å². The van der Waals surface area contributed by atoms with Gasteiger partial charge < -0.3 is 15.7 Å². The zero-order valence-electron chi connectivity index (χ0n) is 19.4. The fraction of sp³-hybridized carbons (Fsp3) is 0.133. The molecule has 5 heteroatoms. The van der Waals surface area contributed by atoms with Crippen molar-refractivity contribution in [2.75, 3.05) is 11.9 Å². The Balaban J connectivity index is 1.36. The van der Waals surface area contributed by atoms with Crippen molar-refractivity contribution < 1.29 is 14.7 Å². The van der Waals surface area contributed by atoms with Gasteiger partial charge in [-0.3, -0.25) is 4.79 Å². The smallest absolute Gasteiger partial charge is 0.326 e. The molecule has 0 aliphatic heterocycles. The second kappa shape index (κ2) is 11.8. The predicted octanol–water partition coefficient (Wildman–Crippen LogP) is 5.43. The molecule has 4 aromatic carbocycles. The lowest BCUT2D eigenvalue weighted by Crippen LogP contribution is -2.31. The number of nitrogens with one attached hydrogen (secondary N) is 2. The minimum atomic E-state index is -0.885. The number of hydrogen-bond donors (Lipinski definition) is 3. The molecule has 0 saturated heterocycles. The number of carboxylic acid groups (broad SMARTS) is 1. The Kier molecular flexibility index (Phi) is 8.04. The van der Waals surface area contributed by atoms with Gasteiger partial charge in [0.15, 0.2) is 5.78 Å². The zero-order chi connectivity index (χ0) is 24.5. The molecule has 0 fully saturated rings. The maximum absolute atomic E-state index is 12.3. The highest BCUT2D eigenvalue weighted by Crippen LogP contribution is 2.22. The van der Waals surface area contributed by atoms with Gasteiger partial charge in [0, 0.05) is 24.2 Å². The normalized spacial score (nSPS) is 11.5. The quantitative estimate of drug-likeness (QED) is 0.258. The number of aliphatic carboxylic acids is 1. The van der Waals surface area contributed by atoms with E-state index in [-0.39, 0.29) is 12.3 Å². The molecular formula is C30H28N2O3. The molecule has 5 nitrogen and oxygen atoms in total. The highest BCUT2D eigenvalue weighted by molar-refractivity contribution is 5.97. The van der Waals surface area contributed by atoms with E-state index in [1.165, 1.54) is 0 Å². The Hall–Kier alpha value is -4.22. The van der Waals surface area contributed by atoms with E-state index in [0.717, 1.165) is 27.9 Å². The Bertz CT molecular complexity index is 1260. The Morgan fingerprint density at radius 1 is 0.714 bits per heavy atom. The third kappa shape index (κ3) is 6.88. The first-order chi connectivity index (χ1) is 17.1. The predicted molar refractivity (Wildman–Crippen MR) is 140 cm³/mol. The third-order valence-electron chi connectivity index (χ3n) is 5.78. The van der Waals surface area contributed by atoms with Gasteiger partial charge in [0.2, 0.25) is 0 Å². The van der Waals surface area contributed by atoms with Crippen LogP contribution in [0.2, 0.25) is 0 Å². The van der Waals surface area contributed by atoms with E-state index in [1.54, 1.807) is 0 Å². The molecule has 0 amide bonds. The van der Waals surface area contributed by atoms with Crippen molar-refractivity contribution in [2.24, 2.45) is 0 Å². The average molecular weight is 465 g/mol. The van der Waals surface area contributed by atoms with Crippen molar-refractivity contribution in [1.82, 2.24) is 5.32 Å². The number of Topliss-reactive ketones (excluding diaryl/α,β-unsaturated/α-hetero) is 1. The van der Waals surface area contributed by atoms with E-state index in [2.05, 4.69) is 16.7 Å². The molecule has 4 aromatic rings. The summed E-state index contributed by atoms with van der Waals surface area (Å²) in [5.41, 5.74) is 5.65. The largest absolute Gasteiger partial charge is 0.480 e. The van der Waals surface area contributed by atoms with Crippen LogP contribution in [0.1, 0.15) is 21.5 Å². The molecule has 176 valence electrons. The Morgan fingerprint density at radius 2 is 1.40 bits per heavy atom. The summed E-state index contributed by atoms with van der Waals surface area (Å²) in [5, 5.41) is 16.0. The van der Waals surface area contributed by atoms with Gasteiger partial charge in [0.1, 0.15) is 6.04 Å². The van der Waals surface area contributed by atoms with Crippen molar-refractivity contribution in [3.63, 3.8) is 0 Å². The SMILES string of the molecule is O=C(CNCc1cccc(-c2ccc(C[C@H](Nc3ccccc3)C(=O)O)cc2)c1)c1ccccc1. The molecule has 0 bridgehead atoms. The van der Waals surface area contributed by atoms with Crippen LogP contribution in [0.5, 0.6) is 0 Å². The van der Waals surface area contributed by atoms with Crippen molar-refractivity contribution in [3.8, 4) is 11.1 Å². The lowest BCUT2D eigenvalue weighted by atomic mass is 9.99. The molecule has 3 N–H and O–H groups in total. The van der Waals surface area contributed by atoms with E-state index in [0.29, 0.717) is 18.5 Å². The topological polar surface area (TPSA) is 78.4 Å². The Morgan fingerprint density at radius 3 is 2.09 bits per heavy atom. The number of ketones is 1. The summed E-state index contributed by atoms with van der Waals surface area (Å²) in [6.45, 7) is 0.876. The molecule has 0 radical (unpaired) electrons. The number of carbonyl (C=O) groups is 2. The summed E-state index contributed by atoms with van der Waals surface area (Å²) in [5.74, 6) is -0.817. The van der Waals surface area contributed by atoms with Crippen LogP contribution >= 0.6 is 0 Å². The summed E-state index contributed by atoms with van der Waals surface area (Å²) < 4.78 is 0. The van der Waals surface area contributed by atoms with Crippen LogP contribution in [-0.2, 0) is 17.8 Å². The van der Waals surface area contributed by atoms with Gasteiger partial charge in [0.25, 0.3) is 0 Å². The number of carboxylic acids is 1. The minimum absolute atomic E-state index is 0.0683. The van der Waals surface area contributed by atoms with Crippen LogP contribution in [0.4, 0.5) is 5.69 Å². The molecule has 0 aliphatic rings. The highest BCUT2D eigenvalue weighted by atomic mass is 16.4. The standard InChI is InChI=1S/C30H28N2O3/c33-29(25-9-3-1-4-10-25)21-31-20-23-8-7-11-26(18-23)24-16-14-22(15-17-24)19-28(30(34)35)32-27-12-5-2-6-13-27/h1-18,28,31-32H,19-21H2,(H,34,35)/t28-/m0/s1. The molecule has 0 unspecified atom stereocenters. The third-order valence-corrected chi connectivity index (χ3v) is 5.78. The van der Waals surface area contributed by atoms with Gasteiger partial charge in [0.05, 0.1) is 6.54 Å². The number of carbonyl (C=O) groups excluding carboxylic acids is 1. The van der Waals surface area contributed by atoms with Crippen LogP contribution in [-0.4, -0.2) is 29.4 Å². The van der Waals surface area contributed by atoms with Gasteiger partial charge in [-0.1, -0.05) is 91.0 Å². The van der Waals surface area contributed by atoms with E-state index in [1.807, 2.05) is 103 Å². The maximum atomic E-state index is 12.3. The van der Waals surface area contributed by atoms with Crippen LogP contribution in [0.25, 0.3) is 11.1 Å². The molecular weight excluding hydrogens is 436 g/mol. The van der Waals surface area contributed by atoms with Crippen LogP contribution < -0.4 is 10.6 Å². The first-order valence-electron chi connectivity index (χ1n) is 11.6. The molecule has 0 spiro atoms. The first-order valence-corrected chi connectivity index (χ1v) is 11.6.